The fourth-order valence-electron chi connectivity index (χ4n) is 1.56. The highest BCUT2D eigenvalue weighted by atomic mass is 35.5. The first-order valence-corrected chi connectivity index (χ1v) is 6.79. The van der Waals surface area contributed by atoms with Crippen LogP contribution in [0.3, 0.4) is 0 Å². The van der Waals surface area contributed by atoms with Crippen molar-refractivity contribution in [3.63, 3.8) is 0 Å². The molecular weight excluding hydrogens is 287 g/mol. The van der Waals surface area contributed by atoms with Crippen molar-refractivity contribution >= 4 is 40.2 Å². The van der Waals surface area contributed by atoms with Gasteiger partial charge in [0.15, 0.2) is 0 Å². The standard InChI is InChI=1S/C13H12ClFN2OS/c1-8(18)17-12-6-9(2-4-11(12)15)16-7-10-3-5-13(14)19-10/h2-6,16H,7H2,1H3,(H,17,18). The first-order chi connectivity index (χ1) is 9.04. The van der Waals surface area contributed by atoms with E-state index in [4.69, 9.17) is 11.6 Å². The number of benzene rings is 1. The van der Waals surface area contributed by atoms with Gasteiger partial charge in [0.05, 0.1) is 10.0 Å². The Morgan fingerprint density at radius 1 is 1.37 bits per heavy atom. The molecule has 0 aliphatic heterocycles. The Bertz CT molecular complexity index is 600. The molecule has 1 aromatic carbocycles. The molecule has 1 aromatic heterocycles. The minimum Gasteiger partial charge on any atom is -0.380 e. The van der Waals surface area contributed by atoms with E-state index in [2.05, 4.69) is 10.6 Å². The highest BCUT2D eigenvalue weighted by molar-refractivity contribution is 7.16. The van der Waals surface area contributed by atoms with Gasteiger partial charge in [-0.3, -0.25) is 4.79 Å². The molecule has 6 heteroatoms. The monoisotopic (exact) mass is 298 g/mol. The van der Waals surface area contributed by atoms with Gasteiger partial charge >= 0.3 is 0 Å². The molecule has 0 radical (unpaired) electrons. The van der Waals surface area contributed by atoms with E-state index in [-0.39, 0.29) is 11.6 Å². The summed E-state index contributed by atoms with van der Waals surface area (Å²) in [5, 5.41) is 5.59. The van der Waals surface area contributed by atoms with Crippen LogP contribution in [0.2, 0.25) is 4.34 Å². The average Bonchev–Trinajstić information content (AvgIpc) is 2.75. The van der Waals surface area contributed by atoms with E-state index in [1.54, 1.807) is 12.1 Å². The molecule has 0 saturated heterocycles. The summed E-state index contributed by atoms with van der Waals surface area (Å²) in [5.41, 5.74) is 0.899. The number of amides is 1. The normalized spacial score (nSPS) is 10.3. The number of thiophene rings is 1. The summed E-state index contributed by atoms with van der Waals surface area (Å²) >= 11 is 7.32. The molecule has 0 fully saturated rings. The average molecular weight is 299 g/mol. The van der Waals surface area contributed by atoms with Gasteiger partial charge in [-0.05, 0) is 30.3 Å². The van der Waals surface area contributed by atoms with Gasteiger partial charge in [0.25, 0.3) is 0 Å². The Balaban J connectivity index is 2.06. The number of nitrogens with one attached hydrogen (secondary N) is 2. The molecule has 0 saturated carbocycles. The minimum absolute atomic E-state index is 0.168. The maximum atomic E-state index is 13.4. The Morgan fingerprint density at radius 3 is 2.79 bits per heavy atom. The molecule has 0 atom stereocenters. The van der Waals surface area contributed by atoms with Crippen LogP contribution in [-0.4, -0.2) is 5.91 Å². The second-order valence-electron chi connectivity index (χ2n) is 3.94. The lowest BCUT2D eigenvalue weighted by atomic mass is 10.2. The summed E-state index contributed by atoms with van der Waals surface area (Å²) in [5.74, 6) is -0.763. The third-order valence-corrected chi connectivity index (χ3v) is 3.60. The van der Waals surface area contributed by atoms with Gasteiger partial charge in [0.2, 0.25) is 5.91 Å². The zero-order valence-electron chi connectivity index (χ0n) is 10.2. The van der Waals surface area contributed by atoms with Gasteiger partial charge in [0.1, 0.15) is 5.82 Å². The third kappa shape index (κ3) is 3.94. The lowest BCUT2D eigenvalue weighted by Gasteiger charge is -2.09. The van der Waals surface area contributed by atoms with Gasteiger partial charge in [-0.1, -0.05) is 11.6 Å². The molecule has 0 aliphatic carbocycles. The van der Waals surface area contributed by atoms with Crippen molar-refractivity contribution in [2.75, 3.05) is 10.6 Å². The summed E-state index contributed by atoms with van der Waals surface area (Å²) < 4.78 is 14.2. The van der Waals surface area contributed by atoms with E-state index >= 15 is 0 Å². The SMILES string of the molecule is CC(=O)Nc1cc(NCc2ccc(Cl)s2)ccc1F. The molecule has 100 valence electrons. The number of carbonyl (C=O) groups excluding carboxylic acids is 1. The van der Waals surface area contributed by atoms with Gasteiger partial charge in [-0.15, -0.1) is 11.3 Å². The van der Waals surface area contributed by atoms with Crippen LogP contribution in [-0.2, 0) is 11.3 Å². The van der Waals surface area contributed by atoms with Crippen LogP contribution in [0, 0.1) is 5.82 Å². The minimum atomic E-state index is -0.458. The van der Waals surface area contributed by atoms with Crippen molar-refractivity contribution in [2.24, 2.45) is 0 Å². The van der Waals surface area contributed by atoms with E-state index in [9.17, 15) is 9.18 Å². The predicted octanol–water partition coefficient (Wildman–Crippen LogP) is 4.11. The van der Waals surface area contributed by atoms with Crippen LogP contribution < -0.4 is 10.6 Å². The highest BCUT2D eigenvalue weighted by Crippen LogP contribution is 2.24. The second-order valence-corrected chi connectivity index (χ2v) is 5.73. The number of hydrogen-bond donors (Lipinski definition) is 2. The highest BCUT2D eigenvalue weighted by Gasteiger charge is 2.05. The summed E-state index contributed by atoms with van der Waals surface area (Å²) in [4.78, 5) is 12.0. The van der Waals surface area contributed by atoms with Gasteiger partial charge < -0.3 is 10.6 Å². The maximum absolute atomic E-state index is 13.4. The fraction of sp³-hybridized carbons (Fsp3) is 0.154. The van der Waals surface area contributed by atoms with E-state index in [1.165, 1.54) is 24.3 Å². The van der Waals surface area contributed by atoms with Crippen LogP contribution in [0.25, 0.3) is 0 Å². The Hall–Kier alpha value is -1.59. The topological polar surface area (TPSA) is 41.1 Å². The van der Waals surface area contributed by atoms with Gasteiger partial charge in [-0.25, -0.2) is 4.39 Å². The van der Waals surface area contributed by atoms with Crippen LogP contribution in [0.4, 0.5) is 15.8 Å². The second kappa shape index (κ2) is 6.04. The third-order valence-electron chi connectivity index (χ3n) is 2.37. The van der Waals surface area contributed by atoms with Crippen LogP contribution in [0.1, 0.15) is 11.8 Å². The molecule has 2 rings (SSSR count). The van der Waals surface area contributed by atoms with Crippen molar-refractivity contribution in [2.45, 2.75) is 13.5 Å². The summed E-state index contributed by atoms with van der Waals surface area (Å²) in [6.07, 6.45) is 0. The number of halogens is 2. The fourth-order valence-corrected chi connectivity index (χ4v) is 2.58. The molecular formula is C13H12ClFN2OS. The number of anilines is 2. The lowest BCUT2D eigenvalue weighted by molar-refractivity contribution is -0.114. The van der Waals surface area contributed by atoms with Crippen molar-refractivity contribution in [3.8, 4) is 0 Å². The molecule has 1 heterocycles. The van der Waals surface area contributed by atoms with Crippen LogP contribution in [0.15, 0.2) is 30.3 Å². The Kier molecular flexibility index (Phi) is 4.39. The predicted molar refractivity (Wildman–Crippen MR) is 77.4 cm³/mol. The number of hydrogen-bond acceptors (Lipinski definition) is 3. The molecule has 2 aromatic rings. The first-order valence-electron chi connectivity index (χ1n) is 5.60. The smallest absolute Gasteiger partial charge is 0.221 e. The van der Waals surface area contributed by atoms with Crippen molar-refractivity contribution < 1.29 is 9.18 Å². The molecule has 1 amide bonds. The first kappa shape index (κ1) is 13.8. The zero-order chi connectivity index (χ0) is 13.8. The maximum Gasteiger partial charge on any atom is 0.221 e. The Labute approximate surface area is 119 Å². The lowest BCUT2D eigenvalue weighted by Crippen LogP contribution is -2.08. The molecule has 0 bridgehead atoms. The van der Waals surface area contributed by atoms with E-state index in [1.807, 2.05) is 12.1 Å². The molecule has 0 spiro atoms. The van der Waals surface area contributed by atoms with Crippen LogP contribution in [0.5, 0.6) is 0 Å². The van der Waals surface area contributed by atoms with Crippen LogP contribution >= 0.6 is 22.9 Å². The van der Waals surface area contributed by atoms with E-state index in [0.717, 1.165) is 14.9 Å². The van der Waals surface area contributed by atoms with Gasteiger partial charge in [0, 0.05) is 24.0 Å². The quantitative estimate of drug-likeness (QED) is 0.892. The molecule has 3 nitrogen and oxygen atoms in total. The summed E-state index contributed by atoms with van der Waals surface area (Å²) in [6.45, 7) is 1.94. The van der Waals surface area contributed by atoms with E-state index < -0.39 is 5.82 Å². The van der Waals surface area contributed by atoms with E-state index in [0.29, 0.717) is 6.54 Å². The summed E-state index contributed by atoms with van der Waals surface area (Å²) in [6, 6.07) is 8.26. The molecule has 0 aliphatic rings. The number of rotatable bonds is 4. The largest absolute Gasteiger partial charge is 0.380 e. The molecule has 0 unspecified atom stereocenters. The molecule has 19 heavy (non-hydrogen) atoms. The number of carbonyl (C=O) groups is 1. The zero-order valence-corrected chi connectivity index (χ0v) is 11.7. The van der Waals surface area contributed by atoms with Crippen molar-refractivity contribution in [3.05, 3.63) is 45.4 Å². The Morgan fingerprint density at radius 2 is 2.16 bits per heavy atom. The van der Waals surface area contributed by atoms with Crippen molar-refractivity contribution in [1.82, 2.24) is 0 Å². The van der Waals surface area contributed by atoms with Gasteiger partial charge in [-0.2, -0.15) is 0 Å². The summed E-state index contributed by atoms with van der Waals surface area (Å²) in [7, 11) is 0. The molecule has 2 N–H and O–H groups in total. The van der Waals surface area contributed by atoms with Crippen molar-refractivity contribution in [1.29, 1.82) is 0 Å².